The predicted octanol–water partition coefficient (Wildman–Crippen LogP) is 4.93. The fourth-order valence-electron chi connectivity index (χ4n) is 3.52. The molecule has 5 amide bonds. The van der Waals surface area contributed by atoms with Crippen molar-refractivity contribution in [2.75, 3.05) is 23.9 Å². The lowest BCUT2D eigenvalue weighted by molar-refractivity contribution is -0.122. The maximum atomic E-state index is 13.8. The molecule has 3 aromatic rings. The van der Waals surface area contributed by atoms with Crippen molar-refractivity contribution < 1.29 is 33.0 Å². The summed E-state index contributed by atoms with van der Waals surface area (Å²) in [5, 5.41) is 4.85. The van der Waals surface area contributed by atoms with Gasteiger partial charge in [0.05, 0.1) is 23.0 Å². The number of ether oxygens (including phenoxy) is 2. The number of urea groups is 1. The number of nitrogens with zero attached hydrogens (tertiary/aromatic N) is 1. The molecule has 38 heavy (non-hydrogen) atoms. The number of anilines is 2. The average Bonchev–Trinajstić information content (AvgIpc) is 2.87. The van der Waals surface area contributed by atoms with Crippen LogP contribution in [0.15, 0.2) is 70.7 Å². The van der Waals surface area contributed by atoms with Gasteiger partial charge in [-0.05, 0) is 70.0 Å². The van der Waals surface area contributed by atoms with Crippen LogP contribution in [0.4, 0.5) is 20.6 Å². The van der Waals surface area contributed by atoms with Gasteiger partial charge in [-0.1, -0.05) is 29.8 Å². The molecule has 0 bridgehead atoms. The molecule has 4 rings (SSSR count). The minimum atomic E-state index is -0.907. The highest BCUT2D eigenvalue weighted by molar-refractivity contribution is 9.10. The summed E-state index contributed by atoms with van der Waals surface area (Å²) < 4.78 is 25.1. The third-order valence-electron chi connectivity index (χ3n) is 5.23. The van der Waals surface area contributed by atoms with Crippen LogP contribution in [0.3, 0.4) is 0 Å². The summed E-state index contributed by atoms with van der Waals surface area (Å²) in [6, 6.07) is 13.9. The fraction of sp³-hybridized carbons (Fsp3) is 0.0769. The molecule has 9 nitrogen and oxygen atoms in total. The summed E-state index contributed by atoms with van der Waals surface area (Å²) in [5.74, 6) is -2.58. The number of hydrogen-bond donors (Lipinski definition) is 2. The number of methoxy groups -OCH3 is 1. The van der Waals surface area contributed by atoms with Gasteiger partial charge >= 0.3 is 6.03 Å². The molecular formula is C26H18BrClFN3O6. The van der Waals surface area contributed by atoms with Crippen molar-refractivity contribution in [2.45, 2.75) is 0 Å². The van der Waals surface area contributed by atoms with Crippen molar-refractivity contribution in [3.05, 3.63) is 87.1 Å². The van der Waals surface area contributed by atoms with E-state index in [1.807, 2.05) is 0 Å². The van der Waals surface area contributed by atoms with Gasteiger partial charge in [0.15, 0.2) is 18.1 Å². The van der Waals surface area contributed by atoms with Gasteiger partial charge in [0.2, 0.25) is 0 Å². The van der Waals surface area contributed by atoms with Crippen molar-refractivity contribution in [3.63, 3.8) is 0 Å². The van der Waals surface area contributed by atoms with Gasteiger partial charge < -0.3 is 14.8 Å². The normalized spacial score (nSPS) is 14.4. The van der Waals surface area contributed by atoms with Crippen LogP contribution in [0.2, 0.25) is 5.02 Å². The summed E-state index contributed by atoms with van der Waals surface area (Å²) in [5.41, 5.74) is 0.247. The van der Waals surface area contributed by atoms with E-state index < -0.39 is 36.2 Å². The number of benzene rings is 3. The van der Waals surface area contributed by atoms with Crippen LogP contribution in [0.1, 0.15) is 5.56 Å². The first-order valence-corrected chi connectivity index (χ1v) is 12.1. The van der Waals surface area contributed by atoms with Gasteiger partial charge in [-0.15, -0.1) is 0 Å². The maximum absolute atomic E-state index is 13.8. The Morgan fingerprint density at radius 2 is 1.89 bits per heavy atom. The van der Waals surface area contributed by atoms with Crippen LogP contribution in [-0.4, -0.2) is 37.5 Å². The quantitative estimate of drug-likeness (QED) is 0.293. The van der Waals surface area contributed by atoms with Gasteiger partial charge in [-0.2, -0.15) is 0 Å². The number of halogens is 3. The monoisotopic (exact) mass is 601 g/mol. The summed E-state index contributed by atoms with van der Waals surface area (Å²) in [7, 11) is 1.36. The number of hydrogen-bond acceptors (Lipinski definition) is 6. The Bertz CT molecular complexity index is 1500. The molecule has 2 N–H and O–H groups in total. The second-order valence-corrected chi connectivity index (χ2v) is 9.08. The Kier molecular flexibility index (Phi) is 8.08. The molecule has 1 aliphatic rings. The average molecular weight is 603 g/mol. The van der Waals surface area contributed by atoms with Gasteiger partial charge in [-0.25, -0.2) is 14.1 Å². The van der Waals surface area contributed by atoms with E-state index in [4.69, 9.17) is 21.1 Å². The minimum Gasteiger partial charge on any atom is -0.493 e. The molecule has 0 unspecified atom stereocenters. The standard InChI is InChI=1S/C26H18BrClFN3O6/c1-37-21-11-14(10-18(27)23(21)38-13-22(33)30-20-8-3-2-7-19(20)29)9-17-24(34)31-26(36)32(25(17)35)16-6-4-5-15(28)12-16/h2-12H,13H2,1H3,(H,30,33)(H,31,34,36)/b17-9+. The van der Waals surface area contributed by atoms with Crippen molar-refractivity contribution in [2.24, 2.45) is 0 Å². The number of para-hydroxylation sites is 1. The first-order valence-electron chi connectivity index (χ1n) is 10.9. The van der Waals surface area contributed by atoms with Crippen molar-refractivity contribution in [1.29, 1.82) is 0 Å². The van der Waals surface area contributed by atoms with E-state index in [0.29, 0.717) is 15.1 Å². The second kappa shape index (κ2) is 11.4. The van der Waals surface area contributed by atoms with Crippen LogP contribution in [-0.2, 0) is 14.4 Å². The van der Waals surface area contributed by atoms with Gasteiger partial charge in [0.25, 0.3) is 17.7 Å². The van der Waals surface area contributed by atoms with E-state index in [-0.39, 0.29) is 28.4 Å². The number of imide groups is 2. The summed E-state index contributed by atoms with van der Waals surface area (Å²) in [6.45, 7) is -0.457. The molecule has 194 valence electrons. The Morgan fingerprint density at radius 1 is 1.13 bits per heavy atom. The van der Waals surface area contributed by atoms with E-state index in [2.05, 4.69) is 26.6 Å². The minimum absolute atomic E-state index is 0.00910. The number of nitrogens with one attached hydrogen (secondary N) is 2. The van der Waals surface area contributed by atoms with Crippen LogP contribution < -0.4 is 25.0 Å². The molecule has 1 heterocycles. The lowest BCUT2D eigenvalue weighted by atomic mass is 10.1. The zero-order valence-electron chi connectivity index (χ0n) is 19.6. The zero-order valence-corrected chi connectivity index (χ0v) is 21.9. The Labute approximate surface area is 229 Å². The third kappa shape index (κ3) is 5.84. The number of rotatable bonds is 7. The van der Waals surface area contributed by atoms with Gasteiger partial charge in [-0.3, -0.25) is 19.7 Å². The lowest BCUT2D eigenvalue weighted by Gasteiger charge is -2.26. The Hall–Kier alpha value is -4.22. The first-order chi connectivity index (χ1) is 18.2. The van der Waals surface area contributed by atoms with Crippen LogP contribution in [0, 0.1) is 5.82 Å². The summed E-state index contributed by atoms with van der Waals surface area (Å²) >= 11 is 9.33. The molecule has 0 atom stereocenters. The molecule has 1 saturated heterocycles. The van der Waals surface area contributed by atoms with Crippen molar-refractivity contribution in [1.82, 2.24) is 5.32 Å². The molecule has 1 fully saturated rings. The smallest absolute Gasteiger partial charge is 0.335 e. The zero-order chi connectivity index (χ0) is 27.4. The molecule has 12 heteroatoms. The lowest BCUT2D eigenvalue weighted by Crippen LogP contribution is -2.54. The van der Waals surface area contributed by atoms with E-state index >= 15 is 0 Å². The molecule has 0 saturated carbocycles. The third-order valence-corrected chi connectivity index (χ3v) is 6.05. The Morgan fingerprint density at radius 3 is 2.61 bits per heavy atom. The van der Waals surface area contributed by atoms with E-state index in [9.17, 15) is 23.6 Å². The highest BCUT2D eigenvalue weighted by atomic mass is 79.9. The number of carbonyl (C=O) groups is 4. The van der Waals surface area contributed by atoms with Crippen LogP contribution in [0.25, 0.3) is 6.08 Å². The number of barbiturate groups is 1. The largest absolute Gasteiger partial charge is 0.493 e. The fourth-order valence-corrected chi connectivity index (χ4v) is 4.28. The topological polar surface area (TPSA) is 114 Å². The SMILES string of the molecule is COc1cc(/C=C2\C(=O)NC(=O)N(c3cccc(Cl)c3)C2=O)cc(Br)c1OCC(=O)Nc1ccccc1F. The van der Waals surface area contributed by atoms with E-state index in [1.54, 1.807) is 18.2 Å². The maximum Gasteiger partial charge on any atom is 0.335 e. The molecular weight excluding hydrogens is 585 g/mol. The number of amides is 5. The molecule has 0 aromatic heterocycles. The molecule has 0 aliphatic carbocycles. The highest BCUT2D eigenvalue weighted by Gasteiger charge is 2.37. The van der Waals surface area contributed by atoms with Gasteiger partial charge in [0, 0.05) is 5.02 Å². The summed E-state index contributed by atoms with van der Waals surface area (Å²) in [6.07, 6.45) is 1.28. The van der Waals surface area contributed by atoms with Crippen LogP contribution in [0.5, 0.6) is 11.5 Å². The first kappa shape index (κ1) is 26.8. The molecule has 3 aromatic carbocycles. The molecule has 0 spiro atoms. The predicted molar refractivity (Wildman–Crippen MR) is 142 cm³/mol. The van der Waals surface area contributed by atoms with E-state index in [0.717, 1.165) is 4.90 Å². The van der Waals surface area contributed by atoms with Crippen LogP contribution >= 0.6 is 27.5 Å². The highest BCUT2D eigenvalue weighted by Crippen LogP contribution is 2.37. The van der Waals surface area contributed by atoms with Gasteiger partial charge in [0.1, 0.15) is 11.4 Å². The summed E-state index contributed by atoms with van der Waals surface area (Å²) in [4.78, 5) is 51.1. The molecule has 1 aliphatic heterocycles. The van der Waals surface area contributed by atoms with E-state index in [1.165, 1.54) is 55.7 Å². The van der Waals surface area contributed by atoms with Crippen molar-refractivity contribution >= 4 is 68.7 Å². The Balaban J connectivity index is 1.57. The van der Waals surface area contributed by atoms with Crippen molar-refractivity contribution in [3.8, 4) is 11.5 Å². The number of carbonyl (C=O) groups excluding carboxylic acids is 4. The molecule has 0 radical (unpaired) electrons. The second-order valence-electron chi connectivity index (χ2n) is 7.79.